The molecular weight excluding hydrogens is 384 g/mol. The highest BCUT2D eigenvalue weighted by Crippen LogP contribution is 2.28. The number of thiocarbonyl (C=S) groups is 1. The molecule has 1 aromatic carbocycles. The molecule has 0 unspecified atom stereocenters. The van der Waals surface area contributed by atoms with Gasteiger partial charge in [0.15, 0.2) is 5.11 Å². The number of rotatable bonds is 9. The summed E-state index contributed by atoms with van der Waals surface area (Å²) in [4.78, 5) is 36.6. The lowest BCUT2D eigenvalue weighted by Gasteiger charge is -2.27. The molecule has 1 aromatic rings. The SMILES string of the molecule is C=CCN1C(=O)/C(=C/c2ccc(OCCCC(=O)O)cc2OC)C(=O)NC1=S. The summed E-state index contributed by atoms with van der Waals surface area (Å²) in [6.07, 6.45) is 3.32. The summed E-state index contributed by atoms with van der Waals surface area (Å²) in [5, 5.41) is 11.1. The summed E-state index contributed by atoms with van der Waals surface area (Å²) in [6.45, 7) is 3.99. The van der Waals surface area contributed by atoms with Crippen molar-refractivity contribution in [1.82, 2.24) is 10.2 Å². The second-order valence-corrected chi connectivity index (χ2v) is 6.16. The molecular formula is C19H20N2O6S. The third-order valence-corrected chi connectivity index (χ3v) is 4.13. The van der Waals surface area contributed by atoms with Gasteiger partial charge in [-0.3, -0.25) is 24.6 Å². The Morgan fingerprint density at radius 1 is 1.39 bits per heavy atom. The third-order valence-electron chi connectivity index (χ3n) is 3.81. The van der Waals surface area contributed by atoms with Crippen molar-refractivity contribution in [2.45, 2.75) is 12.8 Å². The van der Waals surface area contributed by atoms with Crippen molar-refractivity contribution in [3.63, 3.8) is 0 Å². The van der Waals surface area contributed by atoms with Gasteiger partial charge in [-0.05, 0) is 36.8 Å². The average Bonchev–Trinajstić information content (AvgIpc) is 2.66. The van der Waals surface area contributed by atoms with Crippen LogP contribution in [0.4, 0.5) is 0 Å². The van der Waals surface area contributed by atoms with Gasteiger partial charge >= 0.3 is 5.97 Å². The number of amides is 2. The topological polar surface area (TPSA) is 105 Å². The van der Waals surface area contributed by atoms with Gasteiger partial charge < -0.3 is 14.6 Å². The zero-order chi connectivity index (χ0) is 20.7. The van der Waals surface area contributed by atoms with Crippen LogP contribution in [-0.2, 0) is 14.4 Å². The lowest BCUT2D eigenvalue weighted by molar-refractivity contribution is -0.137. The van der Waals surface area contributed by atoms with Gasteiger partial charge in [0.2, 0.25) is 0 Å². The van der Waals surface area contributed by atoms with Gasteiger partial charge in [0, 0.05) is 24.6 Å². The molecule has 0 aromatic heterocycles. The van der Waals surface area contributed by atoms with Crippen LogP contribution in [0.15, 0.2) is 36.4 Å². The molecule has 0 bridgehead atoms. The smallest absolute Gasteiger partial charge is 0.303 e. The van der Waals surface area contributed by atoms with E-state index in [0.29, 0.717) is 23.5 Å². The minimum atomic E-state index is -0.886. The molecule has 9 heteroatoms. The second kappa shape index (κ2) is 9.65. The second-order valence-electron chi connectivity index (χ2n) is 5.77. The number of methoxy groups -OCH3 is 1. The number of benzene rings is 1. The summed E-state index contributed by atoms with van der Waals surface area (Å²) in [5.74, 6) is -1.12. The molecule has 0 radical (unpaired) electrons. The molecule has 2 amide bonds. The first kappa shape index (κ1) is 21.1. The fourth-order valence-corrected chi connectivity index (χ4v) is 2.71. The molecule has 0 spiro atoms. The van der Waals surface area contributed by atoms with Crippen LogP contribution in [-0.4, -0.2) is 53.2 Å². The molecule has 1 aliphatic heterocycles. The van der Waals surface area contributed by atoms with E-state index in [9.17, 15) is 14.4 Å². The Morgan fingerprint density at radius 3 is 2.79 bits per heavy atom. The van der Waals surface area contributed by atoms with Gasteiger partial charge in [-0.1, -0.05) is 6.08 Å². The van der Waals surface area contributed by atoms with E-state index in [0.717, 1.165) is 0 Å². The predicted octanol–water partition coefficient (Wildman–Crippen LogP) is 1.75. The maximum Gasteiger partial charge on any atom is 0.303 e. The fourth-order valence-electron chi connectivity index (χ4n) is 2.46. The Labute approximate surface area is 167 Å². The molecule has 28 heavy (non-hydrogen) atoms. The van der Waals surface area contributed by atoms with Gasteiger partial charge in [-0.25, -0.2) is 0 Å². The van der Waals surface area contributed by atoms with Crippen LogP contribution in [0.2, 0.25) is 0 Å². The van der Waals surface area contributed by atoms with E-state index in [1.165, 1.54) is 24.2 Å². The Bertz CT molecular complexity index is 849. The van der Waals surface area contributed by atoms with Crippen LogP contribution in [0.1, 0.15) is 18.4 Å². The molecule has 8 nitrogen and oxygen atoms in total. The van der Waals surface area contributed by atoms with Crippen LogP contribution in [0.25, 0.3) is 6.08 Å². The first-order valence-electron chi connectivity index (χ1n) is 8.39. The number of nitrogens with one attached hydrogen (secondary N) is 1. The number of carbonyl (C=O) groups excluding carboxylic acids is 2. The summed E-state index contributed by atoms with van der Waals surface area (Å²) in [7, 11) is 1.45. The Hall–Kier alpha value is -3.20. The molecule has 0 atom stereocenters. The van der Waals surface area contributed by atoms with Crippen molar-refractivity contribution in [3.05, 3.63) is 42.0 Å². The summed E-state index contributed by atoms with van der Waals surface area (Å²) in [6, 6.07) is 4.89. The van der Waals surface area contributed by atoms with Crippen LogP contribution in [0, 0.1) is 0 Å². The summed E-state index contributed by atoms with van der Waals surface area (Å²) < 4.78 is 10.8. The maximum atomic E-state index is 12.6. The number of carboxylic acid groups (broad SMARTS) is 1. The van der Waals surface area contributed by atoms with Gasteiger partial charge in [0.05, 0.1) is 13.7 Å². The highest BCUT2D eigenvalue weighted by Gasteiger charge is 2.32. The molecule has 1 heterocycles. The molecule has 1 saturated heterocycles. The van der Waals surface area contributed by atoms with E-state index in [1.54, 1.807) is 18.2 Å². The molecule has 0 saturated carbocycles. The average molecular weight is 404 g/mol. The lowest BCUT2D eigenvalue weighted by Crippen LogP contribution is -2.53. The number of ether oxygens (including phenoxy) is 2. The van der Waals surface area contributed by atoms with Gasteiger partial charge in [-0.15, -0.1) is 6.58 Å². The van der Waals surface area contributed by atoms with E-state index >= 15 is 0 Å². The van der Waals surface area contributed by atoms with Gasteiger partial charge in [0.1, 0.15) is 17.1 Å². The minimum absolute atomic E-state index is 0.0155. The monoisotopic (exact) mass is 404 g/mol. The first-order chi connectivity index (χ1) is 13.4. The Morgan fingerprint density at radius 2 is 2.14 bits per heavy atom. The number of nitrogens with zero attached hydrogens (tertiary/aromatic N) is 1. The highest BCUT2D eigenvalue weighted by atomic mass is 32.1. The van der Waals surface area contributed by atoms with Crippen LogP contribution in [0.5, 0.6) is 11.5 Å². The van der Waals surface area contributed by atoms with Crippen LogP contribution >= 0.6 is 12.2 Å². The normalized spacial score (nSPS) is 15.4. The van der Waals surface area contributed by atoms with E-state index in [1.807, 2.05) is 0 Å². The standard InChI is InChI=1S/C19H20N2O6S/c1-3-8-21-18(25)14(17(24)20-19(21)28)10-12-6-7-13(11-15(12)26-2)27-9-4-5-16(22)23/h3,6-7,10-11H,1,4-5,8-9H2,2H3,(H,22,23)(H,20,24,28)/b14-10+. The number of aliphatic carboxylic acids is 1. The lowest BCUT2D eigenvalue weighted by atomic mass is 10.1. The Kier molecular flexibility index (Phi) is 7.28. The predicted molar refractivity (Wildman–Crippen MR) is 106 cm³/mol. The molecule has 2 N–H and O–H groups in total. The van der Waals surface area contributed by atoms with E-state index in [4.69, 9.17) is 26.8 Å². The summed E-state index contributed by atoms with van der Waals surface area (Å²) in [5.41, 5.74) is 0.425. The van der Waals surface area contributed by atoms with E-state index < -0.39 is 17.8 Å². The van der Waals surface area contributed by atoms with Crippen molar-refractivity contribution in [3.8, 4) is 11.5 Å². The quantitative estimate of drug-likeness (QED) is 0.212. The largest absolute Gasteiger partial charge is 0.496 e. The molecule has 148 valence electrons. The summed E-state index contributed by atoms with van der Waals surface area (Å²) >= 11 is 5.02. The van der Waals surface area contributed by atoms with E-state index in [-0.39, 0.29) is 30.3 Å². The number of hydrogen-bond acceptors (Lipinski definition) is 6. The zero-order valence-electron chi connectivity index (χ0n) is 15.3. The van der Waals surface area contributed by atoms with Crippen LogP contribution in [0.3, 0.4) is 0 Å². The third kappa shape index (κ3) is 5.17. The Balaban J connectivity index is 2.22. The molecule has 1 aliphatic rings. The van der Waals surface area contributed by atoms with E-state index in [2.05, 4.69) is 11.9 Å². The van der Waals surface area contributed by atoms with Crippen LogP contribution < -0.4 is 14.8 Å². The molecule has 1 fully saturated rings. The highest BCUT2D eigenvalue weighted by molar-refractivity contribution is 7.80. The van der Waals surface area contributed by atoms with Crippen molar-refractivity contribution in [2.24, 2.45) is 0 Å². The number of hydrogen-bond donors (Lipinski definition) is 2. The minimum Gasteiger partial charge on any atom is -0.496 e. The first-order valence-corrected chi connectivity index (χ1v) is 8.80. The number of carbonyl (C=O) groups is 3. The van der Waals surface area contributed by atoms with Crippen molar-refractivity contribution in [1.29, 1.82) is 0 Å². The van der Waals surface area contributed by atoms with Gasteiger partial charge in [-0.2, -0.15) is 0 Å². The molecule has 0 aliphatic carbocycles. The number of carboxylic acids is 1. The van der Waals surface area contributed by atoms with Gasteiger partial charge in [0.25, 0.3) is 11.8 Å². The van der Waals surface area contributed by atoms with Crippen molar-refractivity contribution in [2.75, 3.05) is 20.3 Å². The zero-order valence-corrected chi connectivity index (χ0v) is 16.1. The molecule has 2 rings (SSSR count). The van der Waals surface area contributed by atoms with Crippen molar-refractivity contribution >= 4 is 41.2 Å². The van der Waals surface area contributed by atoms with Crippen molar-refractivity contribution < 1.29 is 29.0 Å². The maximum absolute atomic E-state index is 12.6. The fraction of sp³-hybridized carbons (Fsp3) is 0.263.